The van der Waals surface area contributed by atoms with E-state index in [2.05, 4.69) is 20.8 Å². The average Bonchev–Trinajstić information content (AvgIpc) is 3.33. The van der Waals surface area contributed by atoms with Crippen molar-refractivity contribution in [1.29, 1.82) is 0 Å². The van der Waals surface area contributed by atoms with E-state index >= 15 is 0 Å². The van der Waals surface area contributed by atoms with Crippen molar-refractivity contribution in [3.63, 3.8) is 0 Å². The van der Waals surface area contributed by atoms with E-state index in [1.54, 1.807) is 24.3 Å². The maximum atomic E-state index is 12.7. The Labute approximate surface area is 201 Å². The molecule has 0 atom stereocenters. The molecule has 8 heteroatoms. The number of aromatic nitrogens is 2. The van der Waals surface area contributed by atoms with E-state index in [-0.39, 0.29) is 17.5 Å². The van der Waals surface area contributed by atoms with Gasteiger partial charge in [-0.15, -0.1) is 10.2 Å². The molecule has 0 aliphatic carbocycles. The van der Waals surface area contributed by atoms with Crippen LogP contribution in [0.3, 0.4) is 0 Å². The second-order valence-electron chi connectivity index (χ2n) is 7.60. The van der Waals surface area contributed by atoms with Crippen molar-refractivity contribution in [2.75, 3.05) is 10.6 Å². The highest BCUT2D eigenvalue weighted by molar-refractivity contribution is 7.13. The van der Waals surface area contributed by atoms with Crippen LogP contribution < -0.4 is 15.4 Å². The molecule has 34 heavy (non-hydrogen) atoms. The Morgan fingerprint density at radius 1 is 0.912 bits per heavy atom. The Hall–Kier alpha value is -4.04. The van der Waals surface area contributed by atoms with Crippen LogP contribution in [0, 0.1) is 6.92 Å². The van der Waals surface area contributed by atoms with E-state index in [1.807, 2.05) is 62.4 Å². The number of rotatable bonds is 8. The van der Waals surface area contributed by atoms with Crippen LogP contribution in [-0.2, 0) is 13.0 Å². The molecule has 2 N–H and O–H groups in total. The highest BCUT2D eigenvalue weighted by atomic mass is 32.1. The van der Waals surface area contributed by atoms with Crippen molar-refractivity contribution >= 4 is 34.5 Å². The van der Waals surface area contributed by atoms with Crippen molar-refractivity contribution in [2.24, 2.45) is 0 Å². The Balaban J connectivity index is 1.37. The molecule has 0 radical (unpaired) electrons. The van der Waals surface area contributed by atoms with Gasteiger partial charge in [0.1, 0.15) is 12.4 Å². The van der Waals surface area contributed by atoms with E-state index in [4.69, 9.17) is 4.74 Å². The molecule has 4 rings (SSSR count). The molecular weight excluding hydrogens is 448 g/mol. The summed E-state index contributed by atoms with van der Waals surface area (Å²) in [6.45, 7) is 4.27. The molecule has 0 fully saturated rings. The van der Waals surface area contributed by atoms with Gasteiger partial charge in [-0.2, -0.15) is 0 Å². The van der Waals surface area contributed by atoms with Crippen molar-refractivity contribution < 1.29 is 14.3 Å². The smallest absolute Gasteiger partial charge is 0.286 e. The van der Waals surface area contributed by atoms with Crippen molar-refractivity contribution in [2.45, 2.75) is 26.9 Å². The van der Waals surface area contributed by atoms with Crippen LogP contribution in [-0.4, -0.2) is 22.0 Å². The molecule has 4 aromatic rings. The molecule has 0 bridgehead atoms. The molecule has 3 aromatic carbocycles. The third-order valence-electron chi connectivity index (χ3n) is 5.07. The fourth-order valence-corrected chi connectivity index (χ4v) is 3.90. The van der Waals surface area contributed by atoms with E-state index in [0.717, 1.165) is 40.3 Å². The molecule has 0 aliphatic rings. The van der Waals surface area contributed by atoms with Gasteiger partial charge in [-0.05, 0) is 55.3 Å². The second kappa shape index (κ2) is 10.7. The van der Waals surface area contributed by atoms with Gasteiger partial charge in [0.25, 0.3) is 11.8 Å². The molecular formula is C26H24N4O3S. The maximum Gasteiger partial charge on any atom is 0.286 e. The number of nitrogens with one attached hydrogen (secondary N) is 2. The molecule has 7 nitrogen and oxygen atoms in total. The monoisotopic (exact) mass is 472 g/mol. The predicted molar refractivity (Wildman–Crippen MR) is 134 cm³/mol. The summed E-state index contributed by atoms with van der Waals surface area (Å²) in [7, 11) is 0. The van der Waals surface area contributed by atoms with Gasteiger partial charge in [0.2, 0.25) is 5.01 Å². The summed E-state index contributed by atoms with van der Waals surface area (Å²) in [5, 5.41) is 14.5. The maximum absolute atomic E-state index is 12.7. The molecule has 0 unspecified atom stereocenters. The lowest BCUT2D eigenvalue weighted by Crippen LogP contribution is -2.15. The number of benzene rings is 3. The van der Waals surface area contributed by atoms with Gasteiger partial charge >= 0.3 is 0 Å². The van der Waals surface area contributed by atoms with Crippen LogP contribution in [0.5, 0.6) is 5.75 Å². The number of amides is 2. The second-order valence-corrected chi connectivity index (χ2v) is 8.66. The van der Waals surface area contributed by atoms with Crippen LogP contribution in [0.4, 0.5) is 11.4 Å². The molecule has 1 aromatic heterocycles. The fraction of sp³-hybridized carbons (Fsp3) is 0.154. The summed E-state index contributed by atoms with van der Waals surface area (Å²) in [6, 6.07) is 22.1. The standard InChI is InChI=1S/C26H24N4O3S/c1-3-18-7-4-5-10-22(18)28-24(31)19-8-6-9-20(15-19)27-25(32)26-30-29-23(34-26)16-33-21-13-11-17(2)12-14-21/h4-15H,3,16H2,1-2H3,(H,27,32)(H,28,31). The number of aryl methyl sites for hydroxylation is 2. The predicted octanol–water partition coefficient (Wildman–Crippen LogP) is 5.49. The first-order valence-corrected chi connectivity index (χ1v) is 11.7. The number of ether oxygens (including phenoxy) is 1. The Morgan fingerprint density at radius 2 is 1.71 bits per heavy atom. The number of hydrogen-bond acceptors (Lipinski definition) is 6. The molecule has 172 valence electrons. The summed E-state index contributed by atoms with van der Waals surface area (Å²) in [4.78, 5) is 25.4. The first-order chi connectivity index (χ1) is 16.5. The fourth-order valence-electron chi connectivity index (χ4n) is 3.25. The van der Waals surface area contributed by atoms with Gasteiger partial charge in [-0.1, -0.05) is 60.2 Å². The number of carbonyl (C=O) groups is 2. The van der Waals surface area contributed by atoms with Crippen molar-refractivity contribution in [3.8, 4) is 5.75 Å². The lowest BCUT2D eigenvalue weighted by molar-refractivity contribution is 0.101. The number of hydrogen-bond donors (Lipinski definition) is 2. The van der Waals surface area contributed by atoms with Crippen LogP contribution in [0.25, 0.3) is 0 Å². The summed E-state index contributed by atoms with van der Waals surface area (Å²) in [5.41, 5.74) is 3.91. The zero-order valence-corrected chi connectivity index (χ0v) is 19.7. The third-order valence-corrected chi connectivity index (χ3v) is 5.97. The molecule has 0 spiro atoms. The quantitative estimate of drug-likeness (QED) is 0.354. The van der Waals surface area contributed by atoms with E-state index in [0.29, 0.717) is 16.3 Å². The van der Waals surface area contributed by atoms with Gasteiger partial charge < -0.3 is 15.4 Å². The Kier molecular flexibility index (Phi) is 7.29. The van der Waals surface area contributed by atoms with Crippen LogP contribution in [0.2, 0.25) is 0 Å². The molecule has 2 amide bonds. The van der Waals surface area contributed by atoms with Crippen LogP contribution in [0.1, 0.15) is 43.2 Å². The lowest BCUT2D eigenvalue weighted by Gasteiger charge is -2.10. The number of carbonyl (C=O) groups excluding carboxylic acids is 2. The molecule has 0 aliphatic heterocycles. The van der Waals surface area contributed by atoms with Gasteiger partial charge in [-0.25, -0.2) is 0 Å². The largest absolute Gasteiger partial charge is 0.486 e. The summed E-state index contributed by atoms with van der Waals surface area (Å²) in [5.74, 6) is 0.0832. The first kappa shape index (κ1) is 23.1. The molecule has 1 heterocycles. The van der Waals surface area contributed by atoms with Crippen molar-refractivity contribution in [1.82, 2.24) is 10.2 Å². The molecule has 0 saturated heterocycles. The van der Waals surface area contributed by atoms with Crippen LogP contribution in [0.15, 0.2) is 72.8 Å². The molecule has 0 saturated carbocycles. The van der Waals surface area contributed by atoms with Gasteiger partial charge in [0.15, 0.2) is 5.01 Å². The zero-order chi connectivity index (χ0) is 23.9. The van der Waals surface area contributed by atoms with E-state index in [9.17, 15) is 9.59 Å². The Bertz CT molecular complexity index is 1300. The minimum Gasteiger partial charge on any atom is -0.486 e. The summed E-state index contributed by atoms with van der Waals surface area (Å²) < 4.78 is 5.70. The normalized spacial score (nSPS) is 10.5. The number of nitrogens with zero attached hydrogens (tertiary/aromatic N) is 2. The van der Waals surface area contributed by atoms with Gasteiger partial charge in [0.05, 0.1) is 0 Å². The van der Waals surface area contributed by atoms with Gasteiger partial charge in [0, 0.05) is 16.9 Å². The summed E-state index contributed by atoms with van der Waals surface area (Å²) in [6.07, 6.45) is 0.812. The lowest BCUT2D eigenvalue weighted by atomic mass is 10.1. The average molecular weight is 473 g/mol. The zero-order valence-electron chi connectivity index (χ0n) is 18.9. The van der Waals surface area contributed by atoms with E-state index < -0.39 is 5.91 Å². The van der Waals surface area contributed by atoms with E-state index in [1.165, 1.54) is 0 Å². The number of para-hydroxylation sites is 1. The third kappa shape index (κ3) is 5.85. The topological polar surface area (TPSA) is 93.2 Å². The summed E-state index contributed by atoms with van der Waals surface area (Å²) >= 11 is 1.16. The number of anilines is 2. The highest BCUT2D eigenvalue weighted by Crippen LogP contribution is 2.20. The SMILES string of the molecule is CCc1ccccc1NC(=O)c1cccc(NC(=O)c2nnc(COc3ccc(C)cc3)s2)c1. The van der Waals surface area contributed by atoms with Crippen LogP contribution >= 0.6 is 11.3 Å². The Morgan fingerprint density at radius 3 is 2.50 bits per heavy atom. The minimum absolute atomic E-state index is 0.217. The highest BCUT2D eigenvalue weighted by Gasteiger charge is 2.15. The van der Waals surface area contributed by atoms with Gasteiger partial charge in [-0.3, -0.25) is 9.59 Å². The van der Waals surface area contributed by atoms with Crippen molar-refractivity contribution in [3.05, 3.63) is 99.5 Å². The first-order valence-electron chi connectivity index (χ1n) is 10.8. The minimum atomic E-state index is -0.395.